The summed E-state index contributed by atoms with van der Waals surface area (Å²) >= 11 is 0. The highest BCUT2D eigenvalue weighted by Gasteiger charge is 2.20. The van der Waals surface area contributed by atoms with E-state index in [1.165, 1.54) is 30.5 Å². The van der Waals surface area contributed by atoms with Crippen molar-refractivity contribution in [1.82, 2.24) is 4.90 Å². The van der Waals surface area contributed by atoms with E-state index in [2.05, 4.69) is 65.5 Å². The van der Waals surface area contributed by atoms with Gasteiger partial charge in [0, 0.05) is 24.4 Å². The first kappa shape index (κ1) is 18.8. The molecule has 146 valence electrons. The molecule has 1 aliphatic rings. The number of hydrogen-bond donors (Lipinski definition) is 0. The van der Waals surface area contributed by atoms with Crippen LogP contribution in [0.3, 0.4) is 0 Å². The largest absolute Gasteiger partial charge is 0.461 e. The Morgan fingerprint density at radius 2 is 2.04 bits per heavy atom. The summed E-state index contributed by atoms with van der Waals surface area (Å²) in [5.41, 5.74) is 5.24. The van der Waals surface area contributed by atoms with Gasteiger partial charge >= 0.3 is 0 Å². The Morgan fingerprint density at radius 1 is 1.18 bits per heavy atom. The molecule has 28 heavy (non-hydrogen) atoms. The first-order chi connectivity index (χ1) is 13.6. The Balaban J connectivity index is 1.55. The molecule has 4 nitrogen and oxygen atoms in total. The van der Waals surface area contributed by atoms with Crippen LogP contribution >= 0.6 is 0 Å². The van der Waals surface area contributed by atoms with Crippen molar-refractivity contribution in [2.24, 2.45) is 5.16 Å². The van der Waals surface area contributed by atoms with Crippen molar-refractivity contribution in [2.75, 3.05) is 20.2 Å². The fourth-order valence-corrected chi connectivity index (χ4v) is 4.09. The summed E-state index contributed by atoms with van der Waals surface area (Å²) in [6.07, 6.45) is 3.60. The lowest BCUT2D eigenvalue weighted by Gasteiger charge is -2.19. The van der Waals surface area contributed by atoms with Gasteiger partial charge in [0.2, 0.25) is 0 Å². The molecule has 2 aromatic carbocycles. The van der Waals surface area contributed by atoms with Gasteiger partial charge in [-0.1, -0.05) is 29.4 Å². The fourth-order valence-electron chi connectivity index (χ4n) is 4.09. The molecular formula is C24H28N2O2. The first-order valence-electron chi connectivity index (χ1n) is 10.1. The number of hydrogen-bond acceptors (Lipinski definition) is 4. The summed E-state index contributed by atoms with van der Waals surface area (Å²) in [7, 11) is 1.57. The Kier molecular flexibility index (Phi) is 5.49. The van der Waals surface area contributed by atoms with Gasteiger partial charge in [0.25, 0.3) is 0 Å². The van der Waals surface area contributed by atoms with Crippen LogP contribution < -0.4 is 0 Å². The molecule has 4 rings (SSSR count). The second-order valence-corrected chi connectivity index (χ2v) is 7.68. The molecule has 0 saturated carbocycles. The third kappa shape index (κ3) is 3.97. The highest BCUT2D eigenvalue weighted by atomic mass is 16.6. The minimum atomic E-state index is 0.702. The Hall–Kier alpha value is -2.59. The second-order valence-electron chi connectivity index (χ2n) is 7.68. The van der Waals surface area contributed by atoms with Crippen LogP contribution in [0.25, 0.3) is 22.1 Å². The van der Waals surface area contributed by atoms with E-state index in [1.54, 1.807) is 7.11 Å². The first-order valence-corrected chi connectivity index (χ1v) is 10.1. The molecule has 4 heteroatoms. The minimum Gasteiger partial charge on any atom is -0.461 e. The molecule has 1 atom stereocenters. The average Bonchev–Trinajstić information content (AvgIpc) is 3.31. The molecule has 0 unspecified atom stereocenters. The number of furan rings is 1. The van der Waals surface area contributed by atoms with Gasteiger partial charge in [-0.25, -0.2) is 0 Å². The van der Waals surface area contributed by atoms with Gasteiger partial charge in [-0.05, 0) is 74.2 Å². The third-order valence-electron chi connectivity index (χ3n) is 5.75. The minimum absolute atomic E-state index is 0.702. The molecule has 0 spiro atoms. The van der Waals surface area contributed by atoms with E-state index in [1.807, 2.05) is 6.92 Å². The van der Waals surface area contributed by atoms with Crippen molar-refractivity contribution in [3.63, 3.8) is 0 Å². The van der Waals surface area contributed by atoms with Gasteiger partial charge in [0.05, 0.1) is 5.71 Å². The van der Waals surface area contributed by atoms with Crippen LogP contribution in [0, 0.1) is 0 Å². The molecule has 1 saturated heterocycles. The van der Waals surface area contributed by atoms with Crippen LogP contribution in [0.5, 0.6) is 0 Å². The van der Waals surface area contributed by atoms with Gasteiger partial charge in [-0.3, -0.25) is 0 Å². The molecule has 3 aromatic rings. The molecule has 0 bridgehead atoms. The summed E-state index contributed by atoms with van der Waals surface area (Å²) in [5, 5.41) is 5.20. The van der Waals surface area contributed by atoms with E-state index >= 15 is 0 Å². The van der Waals surface area contributed by atoms with Crippen LogP contribution in [0.4, 0.5) is 0 Å². The summed E-state index contributed by atoms with van der Waals surface area (Å²) in [5.74, 6) is 1.07. The number of oxime groups is 1. The van der Waals surface area contributed by atoms with Crippen molar-refractivity contribution < 1.29 is 9.25 Å². The van der Waals surface area contributed by atoms with Crippen LogP contribution in [-0.4, -0.2) is 36.9 Å². The number of fused-ring (bicyclic) bond motifs is 1. The lowest BCUT2D eigenvalue weighted by atomic mass is 10.0. The molecule has 0 aliphatic carbocycles. The van der Waals surface area contributed by atoms with E-state index in [0.717, 1.165) is 41.0 Å². The molecule has 1 aliphatic heterocycles. The summed E-state index contributed by atoms with van der Waals surface area (Å²) in [6.45, 7) is 6.57. The molecule has 1 fully saturated rings. The van der Waals surface area contributed by atoms with E-state index in [-0.39, 0.29) is 0 Å². The predicted octanol–water partition coefficient (Wildman–Crippen LogP) is 5.50. The van der Waals surface area contributed by atoms with Crippen LogP contribution in [0.1, 0.15) is 38.0 Å². The third-order valence-corrected chi connectivity index (χ3v) is 5.75. The van der Waals surface area contributed by atoms with Crippen molar-refractivity contribution in [3.8, 4) is 11.1 Å². The summed E-state index contributed by atoms with van der Waals surface area (Å²) in [4.78, 5) is 7.47. The van der Waals surface area contributed by atoms with Crippen molar-refractivity contribution in [1.29, 1.82) is 0 Å². The summed E-state index contributed by atoms with van der Waals surface area (Å²) in [6, 6.07) is 17.7. The zero-order valence-corrected chi connectivity index (χ0v) is 16.9. The molecule has 1 aromatic heterocycles. The standard InChI is InChI=1S/C24H28N2O2/c1-17-6-5-12-26(17)13-11-23-16-22-15-21(9-10-24(22)28-23)20-8-4-7-19(14-20)18(2)25-27-3/h4,7-10,14-17H,5-6,11-13H2,1-3H3/b25-18+/t17-/m1/s1. The zero-order chi connectivity index (χ0) is 19.5. The number of rotatable bonds is 6. The van der Waals surface area contributed by atoms with Crippen LogP contribution in [0.15, 0.2) is 58.1 Å². The van der Waals surface area contributed by atoms with Gasteiger partial charge in [0.1, 0.15) is 18.5 Å². The normalized spacial score (nSPS) is 18.1. The predicted molar refractivity (Wildman–Crippen MR) is 115 cm³/mol. The van der Waals surface area contributed by atoms with Crippen molar-refractivity contribution >= 4 is 16.7 Å². The lowest BCUT2D eigenvalue weighted by molar-refractivity contribution is 0.213. The molecular weight excluding hydrogens is 348 g/mol. The smallest absolute Gasteiger partial charge is 0.134 e. The van der Waals surface area contributed by atoms with Gasteiger partial charge in [-0.15, -0.1) is 0 Å². The highest BCUT2D eigenvalue weighted by Crippen LogP contribution is 2.28. The Morgan fingerprint density at radius 3 is 2.82 bits per heavy atom. The molecule has 0 N–H and O–H groups in total. The number of likely N-dealkylation sites (tertiary alicyclic amines) is 1. The number of benzene rings is 2. The highest BCUT2D eigenvalue weighted by molar-refractivity contribution is 5.99. The van der Waals surface area contributed by atoms with E-state index < -0.39 is 0 Å². The van der Waals surface area contributed by atoms with Gasteiger partial charge in [0.15, 0.2) is 0 Å². The molecule has 2 heterocycles. The van der Waals surface area contributed by atoms with Crippen molar-refractivity contribution in [2.45, 2.75) is 39.2 Å². The number of nitrogens with zero attached hydrogens (tertiary/aromatic N) is 2. The van der Waals surface area contributed by atoms with Gasteiger partial charge in [-0.2, -0.15) is 0 Å². The molecule has 0 amide bonds. The van der Waals surface area contributed by atoms with E-state index in [9.17, 15) is 0 Å². The SMILES string of the molecule is CO/N=C(\C)c1cccc(-c2ccc3oc(CCN4CCC[C@H]4C)cc3c2)c1. The monoisotopic (exact) mass is 376 g/mol. The second kappa shape index (κ2) is 8.19. The van der Waals surface area contributed by atoms with Crippen LogP contribution in [-0.2, 0) is 11.3 Å². The van der Waals surface area contributed by atoms with Gasteiger partial charge < -0.3 is 14.2 Å². The fraction of sp³-hybridized carbons (Fsp3) is 0.375. The average molecular weight is 377 g/mol. The maximum Gasteiger partial charge on any atom is 0.134 e. The van der Waals surface area contributed by atoms with Crippen LogP contribution in [0.2, 0.25) is 0 Å². The Bertz CT molecular complexity index is 989. The lowest BCUT2D eigenvalue weighted by Crippen LogP contribution is -2.28. The Labute approximate surface area is 166 Å². The maximum atomic E-state index is 6.09. The zero-order valence-electron chi connectivity index (χ0n) is 16.9. The molecule has 0 radical (unpaired) electrons. The van der Waals surface area contributed by atoms with E-state index in [4.69, 9.17) is 9.25 Å². The maximum absolute atomic E-state index is 6.09. The quantitative estimate of drug-likeness (QED) is 0.421. The van der Waals surface area contributed by atoms with Crippen molar-refractivity contribution in [3.05, 3.63) is 59.9 Å². The topological polar surface area (TPSA) is 38.0 Å². The van der Waals surface area contributed by atoms with E-state index in [0.29, 0.717) is 6.04 Å². The summed E-state index contributed by atoms with van der Waals surface area (Å²) < 4.78 is 6.09.